The van der Waals surface area contributed by atoms with E-state index in [1.165, 1.54) is 19.3 Å². The normalized spacial score (nSPS) is 14.4. The lowest BCUT2D eigenvalue weighted by atomic mass is 10.1. The molecule has 1 aliphatic rings. The first kappa shape index (κ1) is 20.9. The van der Waals surface area contributed by atoms with E-state index in [1.54, 1.807) is 31.4 Å². The summed E-state index contributed by atoms with van der Waals surface area (Å²) in [6.45, 7) is 3.97. The van der Waals surface area contributed by atoms with Crippen molar-refractivity contribution in [2.45, 2.75) is 19.3 Å². The maximum atomic E-state index is 12.2. The van der Waals surface area contributed by atoms with E-state index in [0.717, 1.165) is 19.6 Å². The zero-order valence-corrected chi connectivity index (χ0v) is 15.8. The number of benzene rings is 1. The third kappa shape index (κ3) is 6.99. The Labute approximate surface area is 159 Å². The number of methoxy groups -OCH3 is 1. The summed E-state index contributed by atoms with van der Waals surface area (Å²) in [5.41, 5.74) is 0.590. The zero-order chi connectivity index (χ0) is 19.5. The smallest absolute Gasteiger partial charge is 0.313 e. The van der Waals surface area contributed by atoms with E-state index in [-0.39, 0.29) is 5.91 Å². The highest BCUT2D eigenvalue weighted by molar-refractivity contribution is 6.40. The molecule has 0 spiro atoms. The van der Waals surface area contributed by atoms with Crippen LogP contribution in [0.15, 0.2) is 24.3 Å². The van der Waals surface area contributed by atoms with Crippen molar-refractivity contribution in [2.75, 3.05) is 51.8 Å². The number of nitrogens with one attached hydrogen (secondary N) is 3. The van der Waals surface area contributed by atoms with Crippen LogP contribution in [0.4, 0.5) is 5.69 Å². The second kappa shape index (κ2) is 11.3. The van der Waals surface area contributed by atoms with Gasteiger partial charge in [-0.25, -0.2) is 0 Å². The number of anilines is 1. The van der Waals surface area contributed by atoms with Crippen LogP contribution in [0, 0.1) is 0 Å². The standard InChI is InChI=1S/C19H28N4O4/c1-27-14-10-21-17(24)15-7-3-4-8-16(15)22-19(26)18(25)20-9-13-23-11-5-2-6-12-23/h3-4,7-8H,2,5-6,9-14H2,1H3,(H,20,25)(H,21,24)(H,22,26). The van der Waals surface area contributed by atoms with Gasteiger partial charge in [0.1, 0.15) is 0 Å². The molecular weight excluding hydrogens is 348 g/mol. The molecule has 8 nitrogen and oxygen atoms in total. The summed E-state index contributed by atoms with van der Waals surface area (Å²) in [6, 6.07) is 6.56. The van der Waals surface area contributed by atoms with Crippen molar-refractivity contribution in [2.24, 2.45) is 0 Å². The number of rotatable bonds is 8. The molecule has 0 aliphatic carbocycles. The highest BCUT2D eigenvalue weighted by atomic mass is 16.5. The quantitative estimate of drug-likeness (QED) is 0.456. The molecule has 0 unspecified atom stereocenters. The molecule has 1 heterocycles. The first-order valence-electron chi connectivity index (χ1n) is 9.29. The number of carbonyl (C=O) groups is 3. The van der Waals surface area contributed by atoms with Gasteiger partial charge in [0.15, 0.2) is 0 Å². The Morgan fingerprint density at radius 1 is 1.00 bits per heavy atom. The van der Waals surface area contributed by atoms with Gasteiger partial charge in [0.05, 0.1) is 17.9 Å². The molecule has 3 N–H and O–H groups in total. The molecule has 0 radical (unpaired) electrons. The Hall–Kier alpha value is -2.45. The van der Waals surface area contributed by atoms with Gasteiger partial charge in [-0.1, -0.05) is 18.6 Å². The van der Waals surface area contributed by atoms with Crippen LogP contribution < -0.4 is 16.0 Å². The predicted molar refractivity (Wildman–Crippen MR) is 103 cm³/mol. The van der Waals surface area contributed by atoms with Crippen molar-refractivity contribution in [3.05, 3.63) is 29.8 Å². The molecule has 3 amide bonds. The van der Waals surface area contributed by atoms with E-state index in [1.807, 2.05) is 0 Å². The number of hydrogen-bond donors (Lipinski definition) is 3. The Morgan fingerprint density at radius 3 is 2.48 bits per heavy atom. The summed E-state index contributed by atoms with van der Waals surface area (Å²) in [5.74, 6) is -1.83. The minimum atomic E-state index is -0.786. The largest absolute Gasteiger partial charge is 0.383 e. The fourth-order valence-electron chi connectivity index (χ4n) is 2.92. The molecule has 0 atom stereocenters. The summed E-state index contributed by atoms with van der Waals surface area (Å²) < 4.78 is 4.89. The minimum absolute atomic E-state index is 0.295. The van der Waals surface area contributed by atoms with E-state index in [0.29, 0.717) is 30.9 Å². The molecule has 8 heteroatoms. The lowest BCUT2D eigenvalue weighted by Gasteiger charge is -2.26. The summed E-state index contributed by atoms with van der Waals surface area (Å²) in [6.07, 6.45) is 3.61. The Balaban J connectivity index is 1.83. The maximum absolute atomic E-state index is 12.2. The van der Waals surface area contributed by atoms with E-state index >= 15 is 0 Å². The predicted octanol–water partition coefficient (Wildman–Crippen LogP) is 0.603. The minimum Gasteiger partial charge on any atom is -0.383 e. The molecule has 0 saturated carbocycles. The zero-order valence-electron chi connectivity index (χ0n) is 15.8. The number of hydrogen-bond acceptors (Lipinski definition) is 5. The summed E-state index contributed by atoms with van der Waals surface area (Å²) >= 11 is 0. The van der Waals surface area contributed by atoms with Crippen molar-refractivity contribution >= 4 is 23.4 Å². The van der Waals surface area contributed by atoms with Gasteiger partial charge >= 0.3 is 11.8 Å². The van der Waals surface area contributed by atoms with Gasteiger partial charge in [0.2, 0.25) is 0 Å². The van der Waals surface area contributed by atoms with Crippen molar-refractivity contribution in [3.8, 4) is 0 Å². The van der Waals surface area contributed by atoms with Gasteiger partial charge in [0.25, 0.3) is 5.91 Å². The van der Waals surface area contributed by atoms with E-state index < -0.39 is 11.8 Å². The van der Waals surface area contributed by atoms with E-state index in [9.17, 15) is 14.4 Å². The lowest BCUT2D eigenvalue weighted by Crippen LogP contribution is -2.41. The van der Waals surface area contributed by atoms with Gasteiger partial charge in [-0.15, -0.1) is 0 Å². The molecule has 148 valence electrons. The van der Waals surface area contributed by atoms with E-state index in [2.05, 4.69) is 20.9 Å². The Morgan fingerprint density at radius 2 is 1.74 bits per heavy atom. The third-order valence-electron chi connectivity index (χ3n) is 4.38. The van der Waals surface area contributed by atoms with Crippen LogP contribution in [0.25, 0.3) is 0 Å². The molecule has 2 rings (SSSR count). The number of carbonyl (C=O) groups excluding carboxylic acids is 3. The number of ether oxygens (including phenoxy) is 1. The van der Waals surface area contributed by atoms with Crippen molar-refractivity contribution in [1.82, 2.24) is 15.5 Å². The molecule has 1 fully saturated rings. The first-order chi connectivity index (χ1) is 13.1. The van der Waals surface area contributed by atoms with Crippen molar-refractivity contribution < 1.29 is 19.1 Å². The number of nitrogens with zero attached hydrogens (tertiary/aromatic N) is 1. The van der Waals surface area contributed by atoms with Crippen LogP contribution in [-0.4, -0.2) is 69.1 Å². The van der Waals surface area contributed by atoms with Crippen LogP contribution in [-0.2, 0) is 14.3 Å². The van der Waals surface area contributed by atoms with Crippen LogP contribution in [0.5, 0.6) is 0 Å². The number of amides is 3. The van der Waals surface area contributed by atoms with Gasteiger partial charge in [-0.3, -0.25) is 14.4 Å². The third-order valence-corrected chi connectivity index (χ3v) is 4.38. The molecule has 27 heavy (non-hydrogen) atoms. The second-order valence-corrected chi connectivity index (χ2v) is 6.41. The van der Waals surface area contributed by atoms with Gasteiger partial charge in [-0.2, -0.15) is 0 Å². The first-order valence-corrected chi connectivity index (χ1v) is 9.29. The molecule has 1 aromatic carbocycles. The van der Waals surface area contributed by atoms with Crippen LogP contribution in [0.1, 0.15) is 29.6 Å². The van der Waals surface area contributed by atoms with Gasteiger partial charge < -0.3 is 25.6 Å². The Kier molecular flexibility index (Phi) is 8.73. The highest BCUT2D eigenvalue weighted by Gasteiger charge is 2.18. The number of piperidine rings is 1. The average molecular weight is 376 g/mol. The molecule has 0 aromatic heterocycles. The molecule has 0 bridgehead atoms. The fourth-order valence-corrected chi connectivity index (χ4v) is 2.92. The van der Waals surface area contributed by atoms with Gasteiger partial charge in [0, 0.05) is 26.7 Å². The topological polar surface area (TPSA) is 99.8 Å². The van der Waals surface area contributed by atoms with Crippen LogP contribution >= 0.6 is 0 Å². The summed E-state index contributed by atoms with van der Waals surface area (Å²) in [5, 5.41) is 7.84. The number of para-hydroxylation sites is 1. The van der Waals surface area contributed by atoms with Crippen molar-refractivity contribution in [3.63, 3.8) is 0 Å². The lowest BCUT2D eigenvalue weighted by molar-refractivity contribution is -0.136. The molecule has 1 aromatic rings. The maximum Gasteiger partial charge on any atom is 0.313 e. The molecular formula is C19H28N4O4. The Bertz CT molecular complexity index is 644. The summed E-state index contributed by atoms with van der Waals surface area (Å²) in [7, 11) is 1.55. The summed E-state index contributed by atoms with van der Waals surface area (Å²) in [4.78, 5) is 38.7. The number of likely N-dealkylation sites (tertiary alicyclic amines) is 1. The van der Waals surface area contributed by atoms with Crippen molar-refractivity contribution in [1.29, 1.82) is 0 Å². The fraction of sp³-hybridized carbons (Fsp3) is 0.526. The SMILES string of the molecule is COCCNC(=O)c1ccccc1NC(=O)C(=O)NCCN1CCCCC1. The molecule has 1 saturated heterocycles. The van der Waals surface area contributed by atoms with E-state index in [4.69, 9.17) is 4.74 Å². The monoisotopic (exact) mass is 376 g/mol. The van der Waals surface area contributed by atoms with Crippen LogP contribution in [0.2, 0.25) is 0 Å². The molecule has 1 aliphatic heterocycles. The van der Waals surface area contributed by atoms with Gasteiger partial charge in [-0.05, 0) is 38.1 Å². The second-order valence-electron chi connectivity index (χ2n) is 6.41. The van der Waals surface area contributed by atoms with Crippen LogP contribution in [0.3, 0.4) is 0 Å². The highest BCUT2D eigenvalue weighted by Crippen LogP contribution is 2.14. The average Bonchev–Trinajstić information content (AvgIpc) is 2.69.